The molecule has 0 amide bonds. The van der Waals surface area contributed by atoms with E-state index < -0.39 is 27.9 Å². The molecule has 0 aliphatic carbocycles. The Kier molecular flexibility index (Phi) is 6.33. The number of anilines is 1. The van der Waals surface area contributed by atoms with Crippen molar-refractivity contribution in [1.82, 2.24) is 0 Å². The van der Waals surface area contributed by atoms with E-state index in [-0.39, 0.29) is 10.6 Å². The van der Waals surface area contributed by atoms with Gasteiger partial charge in [0.1, 0.15) is 0 Å². The van der Waals surface area contributed by atoms with E-state index in [9.17, 15) is 26.7 Å². The van der Waals surface area contributed by atoms with Gasteiger partial charge in [-0.15, -0.1) is 0 Å². The van der Waals surface area contributed by atoms with E-state index in [0.717, 1.165) is 12.1 Å². The summed E-state index contributed by atoms with van der Waals surface area (Å²) in [4.78, 5) is -0.0990. The third-order valence-corrected chi connectivity index (χ3v) is 6.12. The van der Waals surface area contributed by atoms with Crippen LogP contribution < -0.4 is 4.72 Å². The van der Waals surface area contributed by atoms with Crippen LogP contribution in [0.1, 0.15) is 11.7 Å². The molecular weight excluding hydrogens is 462 g/mol. The first-order valence-corrected chi connectivity index (χ1v) is 10.6. The van der Waals surface area contributed by atoms with Crippen molar-refractivity contribution in [2.75, 3.05) is 4.72 Å². The summed E-state index contributed by atoms with van der Waals surface area (Å²) >= 11 is 12.0. The topological polar surface area (TPSA) is 66.4 Å². The van der Waals surface area contributed by atoms with E-state index in [1.54, 1.807) is 30.3 Å². The van der Waals surface area contributed by atoms with Gasteiger partial charge in [-0.05, 0) is 47.5 Å². The first-order valence-electron chi connectivity index (χ1n) is 8.40. The van der Waals surface area contributed by atoms with Gasteiger partial charge in [0.05, 0.1) is 4.90 Å². The molecule has 4 nitrogen and oxygen atoms in total. The zero-order valence-corrected chi connectivity index (χ0v) is 17.3. The van der Waals surface area contributed by atoms with Crippen molar-refractivity contribution in [3.05, 3.63) is 82.3 Å². The number of aliphatic hydroxyl groups is 1. The second kappa shape index (κ2) is 8.47. The molecule has 0 saturated carbocycles. The minimum absolute atomic E-state index is 0.0990. The van der Waals surface area contributed by atoms with Gasteiger partial charge >= 0.3 is 6.18 Å². The summed E-state index contributed by atoms with van der Waals surface area (Å²) in [5.41, 5.74) is 0.730. The average Bonchev–Trinajstić information content (AvgIpc) is 2.67. The molecule has 3 rings (SSSR count). The molecule has 0 saturated heterocycles. The number of benzene rings is 3. The van der Waals surface area contributed by atoms with Crippen molar-refractivity contribution >= 4 is 38.9 Å². The van der Waals surface area contributed by atoms with Crippen LogP contribution in [0.2, 0.25) is 10.0 Å². The summed E-state index contributed by atoms with van der Waals surface area (Å²) in [6.45, 7) is 0. The van der Waals surface area contributed by atoms with Gasteiger partial charge in [0.25, 0.3) is 10.0 Å². The van der Waals surface area contributed by atoms with Gasteiger partial charge in [-0.3, -0.25) is 4.72 Å². The molecule has 0 fully saturated rings. The Morgan fingerprint density at radius 3 is 2.20 bits per heavy atom. The maximum atomic E-state index is 12.7. The van der Waals surface area contributed by atoms with Crippen LogP contribution in [0, 0.1) is 0 Å². The molecule has 30 heavy (non-hydrogen) atoms. The Morgan fingerprint density at radius 1 is 0.933 bits per heavy atom. The quantitative estimate of drug-likeness (QED) is 0.471. The average molecular weight is 476 g/mol. The maximum absolute atomic E-state index is 12.7. The fourth-order valence-corrected chi connectivity index (χ4v) is 4.28. The highest BCUT2D eigenvalue weighted by atomic mass is 35.5. The number of aliphatic hydroxyl groups excluding tert-OH is 1. The highest BCUT2D eigenvalue weighted by Crippen LogP contribution is 2.34. The van der Waals surface area contributed by atoms with Crippen LogP contribution >= 0.6 is 23.2 Å². The zero-order valence-electron chi connectivity index (χ0n) is 15.0. The predicted molar refractivity (Wildman–Crippen MR) is 110 cm³/mol. The lowest BCUT2D eigenvalue weighted by Gasteiger charge is -2.16. The van der Waals surface area contributed by atoms with Crippen LogP contribution in [0.5, 0.6) is 0 Å². The molecule has 2 N–H and O–H groups in total. The summed E-state index contributed by atoms with van der Waals surface area (Å²) in [6.07, 6.45) is -7.58. The normalized spacial score (nSPS) is 13.1. The maximum Gasteiger partial charge on any atom is 0.418 e. The number of sulfonamides is 1. The fraction of sp³-hybridized carbons (Fsp3) is 0.100. The van der Waals surface area contributed by atoms with E-state index in [0.29, 0.717) is 21.2 Å². The zero-order chi connectivity index (χ0) is 22.1. The molecule has 158 valence electrons. The smallest absolute Gasteiger partial charge is 0.379 e. The van der Waals surface area contributed by atoms with Crippen molar-refractivity contribution in [1.29, 1.82) is 0 Å². The monoisotopic (exact) mass is 475 g/mol. The second-order valence-electron chi connectivity index (χ2n) is 6.32. The van der Waals surface area contributed by atoms with Crippen LogP contribution in [-0.2, 0) is 10.0 Å². The molecule has 10 heteroatoms. The predicted octanol–water partition coefficient (Wildman–Crippen LogP) is 6.06. The van der Waals surface area contributed by atoms with Gasteiger partial charge in [-0.25, -0.2) is 8.42 Å². The highest BCUT2D eigenvalue weighted by molar-refractivity contribution is 7.92. The SMILES string of the molecule is O=S(=O)(Nc1cccc(C(O)C(F)(F)F)c1)c1ccc(-c2ccc(Cl)cc2Cl)cc1. The molecule has 1 atom stereocenters. The van der Waals surface area contributed by atoms with Gasteiger partial charge in [0.2, 0.25) is 0 Å². The number of hydrogen-bond acceptors (Lipinski definition) is 3. The minimum atomic E-state index is -4.86. The molecule has 0 aliphatic rings. The molecule has 0 spiro atoms. The molecule has 3 aromatic carbocycles. The number of hydrogen-bond donors (Lipinski definition) is 2. The van der Waals surface area contributed by atoms with E-state index in [2.05, 4.69) is 4.72 Å². The van der Waals surface area contributed by atoms with Crippen molar-refractivity contribution < 1.29 is 26.7 Å². The third kappa shape index (κ3) is 5.07. The Balaban J connectivity index is 1.84. The van der Waals surface area contributed by atoms with Crippen LogP contribution in [0.25, 0.3) is 11.1 Å². The molecule has 0 heterocycles. The first-order chi connectivity index (χ1) is 14.0. The van der Waals surface area contributed by atoms with E-state index in [1.165, 1.54) is 24.3 Å². The van der Waals surface area contributed by atoms with Crippen molar-refractivity contribution in [3.63, 3.8) is 0 Å². The van der Waals surface area contributed by atoms with Gasteiger partial charge in [0, 0.05) is 21.3 Å². The lowest BCUT2D eigenvalue weighted by molar-refractivity contribution is -0.206. The Morgan fingerprint density at radius 2 is 1.60 bits per heavy atom. The van der Waals surface area contributed by atoms with Crippen molar-refractivity contribution in [2.24, 2.45) is 0 Å². The van der Waals surface area contributed by atoms with E-state index in [1.807, 2.05) is 0 Å². The summed E-state index contributed by atoms with van der Waals surface area (Å²) in [7, 11) is -4.07. The number of halogens is 5. The second-order valence-corrected chi connectivity index (χ2v) is 8.85. The van der Waals surface area contributed by atoms with Crippen LogP contribution in [-0.4, -0.2) is 19.7 Å². The summed E-state index contributed by atoms with van der Waals surface area (Å²) in [5.74, 6) is 0. The van der Waals surface area contributed by atoms with Crippen molar-refractivity contribution in [2.45, 2.75) is 17.2 Å². The van der Waals surface area contributed by atoms with E-state index in [4.69, 9.17) is 23.2 Å². The van der Waals surface area contributed by atoms with Gasteiger partial charge in [0.15, 0.2) is 6.10 Å². The summed E-state index contributed by atoms with van der Waals surface area (Å²) in [6, 6.07) is 15.2. The van der Waals surface area contributed by atoms with Crippen LogP contribution in [0.3, 0.4) is 0 Å². The Hall–Kier alpha value is -2.26. The van der Waals surface area contributed by atoms with E-state index >= 15 is 0 Å². The number of nitrogens with one attached hydrogen (secondary N) is 1. The lowest BCUT2D eigenvalue weighted by Crippen LogP contribution is -2.20. The van der Waals surface area contributed by atoms with Crippen LogP contribution in [0.4, 0.5) is 18.9 Å². The molecule has 1 unspecified atom stereocenters. The summed E-state index contributed by atoms with van der Waals surface area (Å²) in [5, 5.41) is 10.2. The number of rotatable bonds is 5. The molecule has 0 aliphatic heterocycles. The number of alkyl halides is 3. The molecule has 0 aromatic heterocycles. The lowest BCUT2D eigenvalue weighted by atomic mass is 10.1. The Labute approximate surface area is 180 Å². The van der Waals surface area contributed by atoms with Gasteiger partial charge < -0.3 is 5.11 Å². The fourth-order valence-electron chi connectivity index (χ4n) is 2.71. The summed E-state index contributed by atoms with van der Waals surface area (Å²) < 4.78 is 65.5. The standard InChI is InChI=1S/C20H14Cl2F3NO3S/c21-14-6-9-17(18(22)11-14)12-4-7-16(8-5-12)30(28,29)26-15-3-1-2-13(10-15)19(27)20(23,24)25/h1-11,19,26-27H. The first kappa shape index (κ1) is 22.4. The van der Waals surface area contributed by atoms with Gasteiger partial charge in [-0.1, -0.05) is 53.5 Å². The van der Waals surface area contributed by atoms with Crippen molar-refractivity contribution in [3.8, 4) is 11.1 Å². The molecular formula is C20H14Cl2F3NO3S. The minimum Gasteiger partial charge on any atom is -0.379 e. The highest BCUT2D eigenvalue weighted by Gasteiger charge is 2.39. The van der Waals surface area contributed by atoms with Gasteiger partial charge in [-0.2, -0.15) is 13.2 Å². The largest absolute Gasteiger partial charge is 0.418 e. The molecule has 0 bridgehead atoms. The molecule has 3 aromatic rings. The third-order valence-electron chi connectivity index (χ3n) is 4.17. The molecule has 0 radical (unpaired) electrons. The van der Waals surface area contributed by atoms with Crippen LogP contribution in [0.15, 0.2) is 71.6 Å². The Bertz CT molecular complexity index is 1170.